The fourth-order valence-corrected chi connectivity index (χ4v) is 5.07. The molecule has 12 heteroatoms. The number of aliphatic hydroxyl groups is 1. The number of nitrogens with one attached hydrogen (secondary N) is 1. The molecular formula is C24H22ClF3N4O3S. The predicted octanol–water partition coefficient (Wildman–Crippen LogP) is 4.81. The van der Waals surface area contributed by atoms with E-state index in [1.54, 1.807) is 36.3 Å². The Balaban J connectivity index is 1.78. The van der Waals surface area contributed by atoms with Gasteiger partial charge in [-0.05, 0) is 66.2 Å². The summed E-state index contributed by atoms with van der Waals surface area (Å²) in [5.74, 6) is -0.563. The van der Waals surface area contributed by atoms with E-state index in [0.717, 1.165) is 16.5 Å². The van der Waals surface area contributed by atoms with Gasteiger partial charge in [-0.25, -0.2) is 0 Å². The third-order valence-corrected chi connectivity index (χ3v) is 7.10. The minimum atomic E-state index is -4.66. The number of aromatic amines is 1. The van der Waals surface area contributed by atoms with Crippen molar-refractivity contribution in [2.24, 2.45) is 0 Å². The van der Waals surface area contributed by atoms with Gasteiger partial charge < -0.3 is 10.0 Å². The average molecular weight is 539 g/mol. The number of imide groups is 1. The number of hydrogen-bond donors (Lipinski definition) is 2. The molecule has 7 nitrogen and oxygen atoms in total. The van der Waals surface area contributed by atoms with Crippen LogP contribution in [0.15, 0.2) is 47.5 Å². The summed E-state index contributed by atoms with van der Waals surface area (Å²) in [5, 5.41) is 16.0. The van der Waals surface area contributed by atoms with E-state index < -0.39 is 22.9 Å². The van der Waals surface area contributed by atoms with E-state index >= 15 is 0 Å². The first-order chi connectivity index (χ1) is 17.1. The molecule has 36 heavy (non-hydrogen) atoms. The summed E-state index contributed by atoms with van der Waals surface area (Å²) < 4.78 is 41.5. The number of aromatic nitrogens is 2. The number of nitrogens with zero attached hydrogens (tertiary/aromatic N) is 3. The molecule has 2 N–H and O–H groups in total. The molecule has 2 heterocycles. The van der Waals surface area contributed by atoms with Crippen molar-refractivity contribution in [1.29, 1.82) is 0 Å². The van der Waals surface area contributed by atoms with Crippen LogP contribution < -0.4 is 0 Å². The number of aliphatic hydroxyl groups excluding tert-OH is 1. The molecule has 1 fully saturated rings. The zero-order valence-corrected chi connectivity index (χ0v) is 20.7. The monoisotopic (exact) mass is 538 g/mol. The Labute approximate surface area is 213 Å². The van der Waals surface area contributed by atoms with Crippen LogP contribution in [0.3, 0.4) is 0 Å². The van der Waals surface area contributed by atoms with Gasteiger partial charge in [-0.2, -0.15) is 18.3 Å². The Hall–Kier alpha value is -2.86. The van der Waals surface area contributed by atoms with Crippen molar-refractivity contribution in [2.75, 3.05) is 33.3 Å². The number of hydrogen-bond acceptors (Lipinski definition) is 6. The van der Waals surface area contributed by atoms with Gasteiger partial charge in [0.05, 0.1) is 28.8 Å². The molecule has 0 radical (unpaired) electrons. The van der Waals surface area contributed by atoms with Gasteiger partial charge >= 0.3 is 6.18 Å². The quantitative estimate of drug-likeness (QED) is 0.400. The molecule has 0 unspecified atom stereocenters. The van der Waals surface area contributed by atoms with Crippen LogP contribution in [0.1, 0.15) is 16.7 Å². The molecule has 1 aliphatic heterocycles. The first-order valence-electron chi connectivity index (χ1n) is 10.9. The zero-order valence-electron chi connectivity index (χ0n) is 19.1. The molecule has 0 spiro atoms. The summed E-state index contributed by atoms with van der Waals surface area (Å²) in [5.41, 5.74) is 0.571. The van der Waals surface area contributed by atoms with E-state index in [4.69, 9.17) is 16.7 Å². The number of carbonyl (C=O) groups is 2. The number of benzene rings is 2. The number of carbonyl (C=O) groups excluding carboxylic acids is 2. The SMILES string of the molecule is CN(CCO)CCN1C(=O)S/C(=C(/Cc2ccc(Cl)cc2C(F)(F)F)c2ccc3[nH]ncc3c2)C1=O. The summed E-state index contributed by atoms with van der Waals surface area (Å²) in [7, 11) is 1.75. The Morgan fingerprint density at radius 1 is 1.19 bits per heavy atom. The van der Waals surface area contributed by atoms with Crippen molar-refractivity contribution in [3.05, 3.63) is 69.2 Å². The maximum Gasteiger partial charge on any atom is 0.416 e. The lowest BCUT2D eigenvalue weighted by Crippen LogP contribution is -2.37. The van der Waals surface area contributed by atoms with Crippen LogP contribution in [-0.2, 0) is 17.4 Å². The van der Waals surface area contributed by atoms with Gasteiger partial charge in [0.15, 0.2) is 0 Å². The molecule has 3 aromatic rings. The van der Waals surface area contributed by atoms with Gasteiger partial charge in [0.1, 0.15) is 0 Å². The summed E-state index contributed by atoms with van der Waals surface area (Å²) >= 11 is 6.56. The summed E-state index contributed by atoms with van der Waals surface area (Å²) in [6.07, 6.45) is -3.33. The highest BCUT2D eigenvalue weighted by atomic mass is 35.5. The lowest BCUT2D eigenvalue weighted by atomic mass is 9.93. The summed E-state index contributed by atoms with van der Waals surface area (Å²) in [6, 6.07) is 8.64. The molecule has 0 atom stereocenters. The minimum absolute atomic E-state index is 0.0558. The van der Waals surface area contributed by atoms with Gasteiger partial charge in [-0.15, -0.1) is 0 Å². The molecule has 1 aliphatic rings. The van der Waals surface area contributed by atoms with Crippen LogP contribution in [0, 0.1) is 0 Å². The number of alkyl halides is 3. The lowest BCUT2D eigenvalue weighted by Gasteiger charge is -2.19. The highest BCUT2D eigenvalue weighted by molar-refractivity contribution is 8.18. The van der Waals surface area contributed by atoms with Crippen LogP contribution in [-0.4, -0.2) is 69.5 Å². The first-order valence-corrected chi connectivity index (χ1v) is 12.1. The van der Waals surface area contributed by atoms with E-state index in [1.807, 2.05) is 0 Å². The molecule has 1 aromatic heterocycles. The smallest absolute Gasteiger partial charge is 0.395 e. The van der Waals surface area contributed by atoms with Crippen LogP contribution in [0.5, 0.6) is 0 Å². The molecule has 1 saturated heterocycles. The largest absolute Gasteiger partial charge is 0.416 e. The first kappa shape index (κ1) is 26.2. The lowest BCUT2D eigenvalue weighted by molar-refractivity contribution is -0.138. The predicted molar refractivity (Wildman–Crippen MR) is 132 cm³/mol. The number of halogens is 4. The fourth-order valence-electron chi connectivity index (χ4n) is 3.93. The van der Waals surface area contributed by atoms with Crippen molar-refractivity contribution in [2.45, 2.75) is 12.6 Å². The Kier molecular flexibility index (Phi) is 7.74. The second kappa shape index (κ2) is 10.6. The molecule has 2 amide bonds. The molecule has 0 bridgehead atoms. The number of likely N-dealkylation sites (N-methyl/N-ethyl adjacent to an activating group) is 1. The minimum Gasteiger partial charge on any atom is -0.395 e. The van der Waals surface area contributed by atoms with E-state index in [-0.39, 0.29) is 35.1 Å². The normalized spacial score (nSPS) is 16.0. The molecule has 2 aromatic carbocycles. The van der Waals surface area contributed by atoms with Crippen LogP contribution in [0.2, 0.25) is 5.02 Å². The van der Waals surface area contributed by atoms with Crippen LogP contribution in [0.4, 0.5) is 18.0 Å². The molecule has 4 rings (SSSR count). The van der Waals surface area contributed by atoms with Crippen LogP contribution in [0.25, 0.3) is 16.5 Å². The standard InChI is InChI=1S/C24H22ClF3N4O3S/c1-31(8-9-33)6-7-32-22(34)21(36-23(32)35)18(14-3-5-20-16(10-14)13-29-30-20)11-15-2-4-17(25)12-19(15)24(26,27)28/h2-5,10,12-13,33H,6-9,11H2,1H3,(H,29,30)/b21-18-. The third-order valence-electron chi connectivity index (χ3n) is 5.84. The fraction of sp³-hybridized carbons (Fsp3) is 0.292. The van der Waals surface area contributed by atoms with Crippen molar-refractivity contribution >= 4 is 51.0 Å². The van der Waals surface area contributed by atoms with Gasteiger partial charge in [-0.3, -0.25) is 19.6 Å². The number of allylic oxidation sites excluding steroid dienone is 1. The molecule has 0 aliphatic carbocycles. The van der Waals surface area contributed by atoms with Gasteiger partial charge in [0.25, 0.3) is 11.1 Å². The van der Waals surface area contributed by atoms with Crippen molar-refractivity contribution in [1.82, 2.24) is 20.0 Å². The number of fused-ring (bicyclic) bond motifs is 1. The van der Waals surface area contributed by atoms with E-state index in [1.165, 1.54) is 12.1 Å². The molecule has 190 valence electrons. The van der Waals surface area contributed by atoms with Crippen molar-refractivity contribution in [3.63, 3.8) is 0 Å². The highest BCUT2D eigenvalue weighted by Gasteiger charge is 2.39. The summed E-state index contributed by atoms with van der Waals surface area (Å²) in [4.78, 5) is 29.0. The number of rotatable bonds is 8. The third kappa shape index (κ3) is 5.59. The van der Waals surface area contributed by atoms with E-state index in [2.05, 4.69) is 10.2 Å². The maximum atomic E-state index is 13.8. The van der Waals surface area contributed by atoms with E-state index in [0.29, 0.717) is 41.4 Å². The molecule has 0 saturated carbocycles. The highest BCUT2D eigenvalue weighted by Crippen LogP contribution is 2.41. The zero-order chi connectivity index (χ0) is 26.0. The Morgan fingerprint density at radius 3 is 2.69 bits per heavy atom. The average Bonchev–Trinajstić information content (AvgIpc) is 3.40. The van der Waals surface area contributed by atoms with Gasteiger partial charge in [-0.1, -0.05) is 23.7 Å². The van der Waals surface area contributed by atoms with Gasteiger partial charge in [0, 0.05) is 30.0 Å². The van der Waals surface area contributed by atoms with Gasteiger partial charge in [0.2, 0.25) is 0 Å². The number of thioether (sulfide) groups is 1. The van der Waals surface area contributed by atoms with E-state index in [9.17, 15) is 22.8 Å². The Morgan fingerprint density at radius 2 is 1.97 bits per heavy atom. The second-order valence-electron chi connectivity index (χ2n) is 8.31. The van der Waals surface area contributed by atoms with Crippen molar-refractivity contribution < 1.29 is 27.9 Å². The second-order valence-corrected chi connectivity index (χ2v) is 9.71. The maximum absolute atomic E-state index is 13.8. The number of amides is 2. The molecular weight excluding hydrogens is 517 g/mol. The topological polar surface area (TPSA) is 89.5 Å². The summed E-state index contributed by atoms with van der Waals surface area (Å²) in [6.45, 7) is 0.741. The van der Waals surface area contributed by atoms with Crippen molar-refractivity contribution in [3.8, 4) is 0 Å². The Bertz CT molecular complexity index is 1340. The number of H-pyrrole nitrogens is 1. The van der Waals surface area contributed by atoms with Crippen LogP contribution >= 0.6 is 23.4 Å².